The number of nitrogens with one attached hydrogen (secondary N) is 2. The average molecular weight is 371 g/mol. The van der Waals surface area contributed by atoms with Crippen molar-refractivity contribution in [1.82, 2.24) is 0 Å². The Morgan fingerprint density at radius 1 is 0.962 bits per heavy atom. The van der Waals surface area contributed by atoms with Gasteiger partial charge in [0.1, 0.15) is 0 Å². The van der Waals surface area contributed by atoms with Gasteiger partial charge in [-0.1, -0.05) is 17.7 Å². The highest BCUT2D eigenvalue weighted by atomic mass is 35.5. The molecule has 2 amide bonds. The number of ketones is 1. The summed E-state index contributed by atoms with van der Waals surface area (Å²) in [7, 11) is 0. The Bertz CT molecular complexity index is 886. The molecule has 2 aromatic rings. The molecule has 0 saturated carbocycles. The van der Waals surface area contributed by atoms with Crippen LogP contribution in [0.25, 0.3) is 0 Å². The van der Waals surface area contributed by atoms with Gasteiger partial charge in [-0.05, 0) is 62.7 Å². The topological polar surface area (TPSA) is 75.3 Å². The molecule has 2 rings (SSSR count). The Balaban J connectivity index is 2.03. The minimum absolute atomic E-state index is 0.0491. The number of anilines is 2. The Morgan fingerprint density at radius 3 is 2.23 bits per heavy atom. The van der Waals surface area contributed by atoms with E-state index in [0.717, 1.165) is 5.56 Å². The highest BCUT2D eigenvalue weighted by molar-refractivity contribution is 6.31. The molecule has 0 radical (unpaired) electrons. The molecule has 134 valence electrons. The number of aryl methyl sites for hydroxylation is 1. The first-order chi connectivity index (χ1) is 12.3. The van der Waals surface area contributed by atoms with E-state index < -0.39 is 11.8 Å². The monoisotopic (exact) mass is 370 g/mol. The third-order valence-corrected chi connectivity index (χ3v) is 3.95. The van der Waals surface area contributed by atoms with Gasteiger partial charge in [0.25, 0.3) is 5.91 Å². The third-order valence-electron chi connectivity index (χ3n) is 3.71. The SMILES string of the molecule is CC(=O)c1ccc(NC(=O)/C(C)=C\C(=O)Nc2cc(Cl)ccc2C)cc1. The number of rotatable bonds is 5. The fourth-order valence-corrected chi connectivity index (χ4v) is 2.35. The zero-order chi connectivity index (χ0) is 19.3. The van der Waals surface area contributed by atoms with Crippen molar-refractivity contribution < 1.29 is 14.4 Å². The van der Waals surface area contributed by atoms with Gasteiger partial charge >= 0.3 is 0 Å². The lowest BCUT2D eigenvalue weighted by atomic mass is 10.1. The molecule has 0 aliphatic rings. The van der Waals surface area contributed by atoms with Gasteiger partial charge in [0.2, 0.25) is 5.91 Å². The van der Waals surface area contributed by atoms with Crippen molar-refractivity contribution in [3.05, 3.63) is 70.3 Å². The number of Topliss-reactive ketones (excluding diaryl/α,β-unsaturated/α-hetero) is 1. The van der Waals surface area contributed by atoms with E-state index in [2.05, 4.69) is 10.6 Å². The number of benzene rings is 2. The largest absolute Gasteiger partial charge is 0.322 e. The quantitative estimate of drug-likeness (QED) is 0.606. The Hall–Kier alpha value is -2.92. The molecule has 0 bridgehead atoms. The smallest absolute Gasteiger partial charge is 0.251 e. The second-order valence-corrected chi connectivity index (χ2v) is 6.30. The molecule has 0 atom stereocenters. The van der Waals surface area contributed by atoms with E-state index in [1.165, 1.54) is 13.0 Å². The second-order valence-electron chi connectivity index (χ2n) is 5.86. The maximum Gasteiger partial charge on any atom is 0.251 e. The first kappa shape index (κ1) is 19.4. The van der Waals surface area contributed by atoms with Crippen molar-refractivity contribution in [3.8, 4) is 0 Å². The van der Waals surface area contributed by atoms with Crippen molar-refractivity contribution in [2.75, 3.05) is 10.6 Å². The predicted octanol–water partition coefficient (Wildman–Crippen LogP) is 4.37. The summed E-state index contributed by atoms with van der Waals surface area (Å²) >= 11 is 5.93. The fraction of sp³-hybridized carbons (Fsp3) is 0.150. The number of carbonyl (C=O) groups excluding carboxylic acids is 3. The molecular formula is C20H19ClN2O3. The summed E-state index contributed by atoms with van der Waals surface area (Å²) < 4.78 is 0. The molecule has 6 heteroatoms. The third kappa shape index (κ3) is 5.29. The molecule has 0 aromatic heterocycles. The lowest BCUT2D eigenvalue weighted by Crippen LogP contribution is -2.16. The van der Waals surface area contributed by atoms with Crippen molar-refractivity contribution in [1.29, 1.82) is 0 Å². The van der Waals surface area contributed by atoms with Crippen LogP contribution in [-0.4, -0.2) is 17.6 Å². The lowest BCUT2D eigenvalue weighted by Gasteiger charge is -2.08. The number of amides is 2. The van der Waals surface area contributed by atoms with Gasteiger partial charge in [-0.2, -0.15) is 0 Å². The van der Waals surface area contributed by atoms with Crippen LogP contribution in [0.3, 0.4) is 0 Å². The number of hydrogen-bond acceptors (Lipinski definition) is 3. The van der Waals surface area contributed by atoms with Crippen molar-refractivity contribution >= 4 is 40.6 Å². The van der Waals surface area contributed by atoms with E-state index in [0.29, 0.717) is 22.0 Å². The van der Waals surface area contributed by atoms with Crippen molar-refractivity contribution in [3.63, 3.8) is 0 Å². The molecule has 0 unspecified atom stereocenters. The summed E-state index contributed by atoms with van der Waals surface area (Å²) in [6.07, 6.45) is 1.22. The Kier molecular flexibility index (Phi) is 6.31. The highest BCUT2D eigenvalue weighted by Crippen LogP contribution is 2.20. The van der Waals surface area contributed by atoms with E-state index in [-0.39, 0.29) is 11.4 Å². The van der Waals surface area contributed by atoms with E-state index >= 15 is 0 Å². The van der Waals surface area contributed by atoms with Crippen LogP contribution in [-0.2, 0) is 9.59 Å². The number of carbonyl (C=O) groups is 3. The average Bonchev–Trinajstić information content (AvgIpc) is 2.58. The molecule has 0 saturated heterocycles. The van der Waals surface area contributed by atoms with Gasteiger partial charge < -0.3 is 10.6 Å². The van der Waals surface area contributed by atoms with Crippen LogP contribution in [0, 0.1) is 6.92 Å². The van der Waals surface area contributed by atoms with Gasteiger partial charge in [0.15, 0.2) is 5.78 Å². The van der Waals surface area contributed by atoms with Crippen molar-refractivity contribution in [2.24, 2.45) is 0 Å². The van der Waals surface area contributed by atoms with E-state index in [4.69, 9.17) is 11.6 Å². The molecule has 0 aliphatic carbocycles. The van der Waals surface area contributed by atoms with Crippen molar-refractivity contribution in [2.45, 2.75) is 20.8 Å². The lowest BCUT2D eigenvalue weighted by molar-refractivity contribution is -0.114. The maximum absolute atomic E-state index is 12.2. The zero-order valence-electron chi connectivity index (χ0n) is 14.7. The van der Waals surface area contributed by atoms with Crippen LogP contribution in [0.5, 0.6) is 0 Å². The summed E-state index contributed by atoms with van der Waals surface area (Å²) in [5, 5.41) is 5.89. The molecule has 0 aliphatic heterocycles. The molecule has 2 aromatic carbocycles. The molecule has 0 spiro atoms. The Labute approximate surface area is 157 Å². The first-order valence-corrected chi connectivity index (χ1v) is 8.32. The minimum atomic E-state index is -0.421. The van der Waals surface area contributed by atoms with Crippen LogP contribution in [0.15, 0.2) is 54.1 Å². The zero-order valence-corrected chi connectivity index (χ0v) is 15.5. The second kappa shape index (κ2) is 8.45. The van der Waals surface area contributed by atoms with Gasteiger partial charge in [-0.25, -0.2) is 0 Å². The summed E-state index contributed by atoms with van der Waals surface area (Å²) in [4.78, 5) is 35.6. The van der Waals surface area contributed by atoms with Crippen LogP contribution in [0.4, 0.5) is 11.4 Å². The summed E-state index contributed by atoms with van der Waals surface area (Å²) in [6, 6.07) is 11.7. The standard InChI is InChI=1S/C20H19ClN2O3/c1-12-4-7-16(21)11-18(12)23-19(25)10-13(2)20(26)22-17-8-5-15(6-9-17)14(3)24/h4-11H,1-3H3,(H,22,26)(H,23,25)/b13-10-. The van der Waals surface area contributed by atoms with E-state index in [9.17, 15) is 14.4 Å². The molecule has 26 heavy (non-hydrogen) atoms. The van der Waals surface area contributed by atoms with Gasteiger partial charge in [0, 0.05) is 33.6 Å². The minimum Gasteiger partial charge on any atom is -0.322 e. The predicted molar refractivity (Wildman–Crippen MR) is 104 cm³/mol. The highest BCUT2D eigenvalue weighted by Gasteiger charge is 2.09. The summed E-state index contributed by atoms with van der Waals surface area (Å²) in [5.41, 5.74) is 2.80. The van der Waals surface area contributed by atoms with E-state index in [1.807, 2.05) is 6.92 Å². The maximum atomic E-state index is 12.2. The number of halogens is 1. The number of hydrogen-bond donors (Lipinski definition) is 2. The molecule has 5 nitrogen and oxygen atoms in total. The first-order valence-electron chi connectivity index (χ1n) is 7.94. The van der Waals surface area contributed by atoms with Crippen LogP contribution >= 0.6 is 11.6 Å². The van der Waals surface area contributed by atoms with Gasteiger partial charge in [0.05, 0.1) is 0 Å². The Morgan fingerprint density at radius 2 is 1.62 bits per heavy atom. The van der Waals surface area contributed by atoms with E-state index in [1.54, 1.807) is 49.4 Å². The van der Waals surface area contributed by atoms with Gasteiger partial charge in [-0.15, -0.1) is 0 Å². The molecule has 0 fully saturated rings. The van der Waals surface area contributed by atoms with Gasteiger partial charge in [-0.3, -0.25) is 14.4 Å². The summed E-state index contributed by atoms with van der Waals surface area (Å²) in [6.45, 7) is 4.87. The molecule has 2 N–H and O–H groups in total. The van der Waals surface area contributed by atoms with Crippen LogP contribution in [0.1, 0.15) is 29.8 Å². The van der Waals surface area contributed by atoms with Crippen LogP contribution < -0.4 is 10.6 Å². The van der Waals surface area contributed by atoms with Crippen LogP contribution in [0.2, 0.25) is 5.02 Å². The summed E-state index contributed by atoms with van der Waals surface area (Å²) in [5.74, 6) is -0.875. The normalized spacial score (nSPS) is 11.0. The molecule has 0 heterocycles. The fourth-order valence-electron chi connectivity index (χ4n) is 2.18. The molecular weight excluding hydrogens is 352 g/mol.